The molecule has 0 radical (unpaired) electrons. The number of carbonyl (C=O) groups is 2. The van der Waals surface area contributed by atoms with Crippen molar-refractivity contribution >= 4 is 11.9 Å². The van der Waals surface area contributed by atoms with E-state index >= 15 is 0 Å². The lowest BCUT2D eigenvalue weighted by molar-refractivity contribution is 0.0453. The Morgan fingerprint density at radius 2 is 1.50 bits per heavy atom. The third-order valence-corrected chi connectivity index (χ3v) is 2.85. The van der Waals surface area contributed by atoms with Gasteiger partial charge in [-0.3, -0.25) is 0 Å². The number of allylic oxidation sites excluding steroid dienone is 2. The van der Waals surface area contributed by atoms with Crippen LogP contribution >= 0.6 is 0 Å². The second kappa shape index (κ2) is 6.00. The Labute approximate surface area is 122 Å². The molecule has 0 unspecified atom stereocenters. The Hall–Kier alpha value is -2.64. The van der Waals surface area contributed by atoms with Crippen molar-refractivity contribution in [1.82, 2.24) is 0 Å². The number of aromatic carboxylic acids is 2. The van der Waals surface area contributed by atoms with E-state index in [1.54, 1.807) is 0 Å². The summed E-state index contributed by atoms with van der Waals surface area (Å²) in [4.78, 5) is 22.1. The fraction of sp³-hybridized carbons (Fsp3) is 0.143. The predicted molar refractivity (Wildman–Crippen MR) is 68.3 cm³/mol. The van der Waals surface area contributed by atoms with E-state index in [1.807, 2.05) is 0 Å². The summed E-state index contributed by atoms with van der Waals surface area (Å²) < 4.78 is 55.5. The minimum atomic E-state index is -4.08. The number of halogens is 4. The normalized spacial score (nSPS) is 11.1. The van der Waals surface area contributed by atoms with Gasteiger partial charge >= 0.3 is 11.9 Å². The molecule has 0 bridgehead atoms. The average Bonchev–Trinajstić information content (AvgIpc) is 2.41. The molecule has 0 fully saturated rings. The molecule has 1 aromatic rings. The number of hydrogen-bond acceptors (Lipinski definition) is 2. The lowest BCUT2D eigenvalue weighted by Crippen LogP contribution is -2.24. The summed E-state index contributed by atoms with van der Waals surface area (Å²) in [6.45, 7) is 6.01. The number of carboxylic acid groups (broad SMARTS) is 2. The molecule has 4 nitrogen and oxygen atoms in total. The van der Waals surface area contributed by atoms with Crippen LogP contribution < -0.4 is 0 Å². The molecular weight excluding hydrogens is 308 g/mol. The molecule has 1 rings (SSSR count). The van der Waals surface area contributed by atoms with Gasteiger partial charge in [0.25, 0.3) is 5.92 Å². The molecule has 0 amide bonds. The van der Waals surface area contributed by atoms with Crippen LogP contribution in [0.5, 0.6) is 0 Å². The molecule has 1 aromatic carbocycles. The van der Waals surface area contributed by atoms with E-state index in [0.29, 0.717) is 0 Å². The van der Waals surface area contributed by atoms with Gasteiger partial charge in [-0.05, 0) is 18.1 Å². The monoisotopic (exact) mass is 318 g/mol. The van der Waals surface area contributed by atoms with Crippen LogP contribution in [0, 0.1) is 11.6 Å². The van der Waals surface area contributed by atoms with E-state index < -0.39 is 58.2 Å². The van der Waals surface area contributed by atoms with Crippen molar-refractivity contribution in [2.75, 3.05) is 0 Å². The molecule has 2 N–H and O–H groups in total. The first-order valence-electron chi connectivity index (χ1n) is 5.73. The fourth-order valence-corrected chi connectivity index (χ4v) is 1.98. The zero-order chi connectivity index (χ0) is 17.2. The molecule has 0 aliphatic rings. The van der Waals surface area contributed by atoms with E-state index in [-0.39, 0.29) is 6.08 Å². The standard InChI is InChI=1S/C14H10F4O4/c1-3-5-6-7(12(19)20)10(15)11(16)8(13(21)22)9(6)14(17,18)4-2/h3-4H,1-2,5H2,(H,19,20)(H,21,22). The first-order chi connectivity index (χ1) is 10.1. The van der Waals surface area contributed by atoms with E-state index in [1.165, 1.54) is 0 Å². The van der Waals surface area contributed by atoms with E-state index in [9.17, 15) is 27.2 Å². The van der Waals surface area contributed by atoms with Gasteiger partial charge in [0.15, 0.2) is 11.6 Å². The van der Waals surface area contributed by atoms with Crippen LogP contribution in [-0.2, 0) is 12.3 Å². The summed E-state index contributed by atoms with van der Waals surface area (Å²) in [6, 6.07) is 0. The van der Waals surface area contributed by atoms with Crippen molar-refractivity contribution in [2.24, 2.45) is 0 Å². The highest BCUT2D eigenvalue weighted by Crippen LogP contribution is 2.39. The Kier molecular flexibility index (Phi) is 4.75. The topological polar surface area (TPSA) is 74.6 Å². The smallest absolute Gasteiger partial charge is 0.339 e. The minimum absolute atomic E-state index is 0.0182. The lowest BCUT2D eigenvalue weighted by atomic mass is 9.88. The molecule has 0 saturated heterocycles. The molecule has 8 heteroatoms. The van der Waals surface area contributed by atoms with Crippen molar-refractivity contribution in [2.45, 2.75) is 12.3 Å². The van der Waals surface area contributed by atoms with Crippen molar-refractivity contribution in [3.63, 3.8) is 0 Å². The molecule has 0 saturated carbocycles. The summed E-state index contributed by atoms with van der Waals surface area (Å²) >= 11 is 0. The van der Waals surface area contributed by atoms with Crippen LogP contribution in [0.25, 0.3) is 0 Å². The zero-order valence-corrected chi connectivity index (χ0v) is 11.0. The van der Waals surface area contributed by atoms with Crippen molar-refractivity contribution in [3.05, 3.63) is 59.2 Å². The SMILES string of the molecule is C=CCc1c(C(=O)O)c(F)c(F)c(C(=O)O)c1C(F)(F)C=C. The highest BCUT2D eigenvalue weighted by molar-refractivity contribution is 5.96. The van der Waals surface area contributed by atoms with E-state index in [4.69, 9.17) is 10.2 Å². The maximum absolute atomic E-state index is 13.9. The fourth-order valence-electron chi connectivity index (χ4n) is 1.98. The van der Waals surface area contributed by atoms with Gasteiger partial charge in [-0.15, -0.1) is 6.58 Å². The summed E-state index contributed by atoms with van der Waals surface area (Å²) in [5.74, 6) is -12.4. The third kappa shape index (κ3) is 2.72. The van der Waals surface area contributed by atoms with Gasteiger partial charge in [-0.25, -0.2) is 18.4 Å². The first-order valence-corrected chi connectivity index (χ1v) is 5.73. The average molecular weight is 318 g/mol. The highest BCUT2D eigenvalue weighted by Gasteiger charge is 2.41. The van der Waals surface area contributed by atoms with Crippen LogP contribution in [0.15, 0.2) is 25.3 Å². The second-order valence-corrected chi connectivity index (χ2v) is 4.16. The highest BCUT2D eigenvalue weighted by atomic mass is 19.3. The first kappa shape index (κ1) is 17.4. The molecule has 0 aliphatic carbocycles. The summed E-state index contributed by atoms with van der Waals surface area (Å²) in [6.07, 6.45) is 0.385. The van der Waals surface area contributed by atoms with Gasteiger partial charge < -0.3 is 10.2 Å². The molecule has 0 aromatic heterocycles. The minimum Gasteiger partial charge on any atom is -0.478 e. The van der Waals surface area contributed by atoms with Crippen LogP contribution in [0.2, 0.25) is 0 Å². The Balaban J connectivity index is 4.14. The van der Waals surface area contributed by atoms with Gasteiger partial charge in [-0.2, -0.15) is 8.78 Å². The van der Waals surface area contributed by atoms with E-state index in [2.05, 4.69) is 13.2 Å². The van der Waals surface area contributed by atoms with Crippen molar-refractivity contribution < 1.29 is 37.4 Å². The molecule has 22 heavy (non-hydrogen) atoms. The van der Waals surface area contributed by atoms with Crippen LogP contribution in [0.1, 0.15) is 31.8 Å². The lowest BCUT2D eigenvalue weighted by Gasteiger charge is -2.21. The Morgan fingerprint density at radius 1 is 1.05 bits per heavy atom. The molecule has 0 heterocycles. The van der Waals surface area contributed by atoms with Crippen molar-refractivity contribution in [3.8, 4) is 0 Å². The van der Waals surface area contributed by atoms with Gasteiger partial charge in [0.05, 0.1) is 0 Å². The van der Waals surface area contributed by atoms with Crippen molar-refractivity contribution in [1.29, 1.82) is 0 Å². The number of rotatable bonds is 6. The third-order valence-electron chi connectivity index (χ3n) is 2.85. The summed E-state index contributed by atoms with van der Waals surface area (Å²) in [7, 11) is 0. The van der Waals surface area contributed by atoms with Gasteiger partial charge in [0.2, 0.25) is 0 Å². The van der Waals surface area contributed by atoms with Gasteiger partial charge in [-0.1, -0.05) is 12.7 Å². The molecular formula is C14H10F4O4. The summed E-state index contributed by atoms with van der Waals surface area (Å²) in [5.41, 5.74) is -5.32. The van der Waals surface area contributed by atoms with Crippen LogP contribution in [0.3, 0.4) is 0 Å². The largest absolute Gasteiger partial charge is 0.478 e. The number of benzene rings is 1. The molecule has 0 atom stereocenters. The second-order valence-electron chi connectivity index (χ2n) is 4.16. The number of hydrogen-bond donors (Lipinski definition) is 2. The van der Waals surface area contributed by atoms with Gasteiger partial charge in [0, 0.05) is 5.56 Å². The Morgan fingerprint density at radius 3 is 1.86 bits per heavy atom. The van der Waals surface area contributed by atoms with Gasteiger partial charge in [0.1, 0.15) is 11.1 Å². The quantitative estimate of drug-likeness (QED) is 0.623. The van der Waals surface area contributed by atoms with Crippen LogP contribution in [-0.4, -0.2) is 22.2 Å². The Bertz CT molecular complexity index is 680. The molecule has 0 aliphatic heterocycles. The maximum atomic E-state index is 13.9. The molecule has 118 valence electrons. The maximum Gasteiger partial charge on any atom is 0.339 e. The zero-order valence-electron chi connectivity index (χ0n) is 11.0. The number of alkyl halides is 2. The van der Waals surface area contributed by atoms with E-state index in [0.717, 1.165) is 6.08 Å². The molecule has 0 spiro atoms. The summed E-state index contributed by atoms with van der Waals surface area (Å²) in [5, 5.41) is 17.8. The number of carboxylic acids is 2. The van der Waals surface area contributed by atoms with Crippen LogP contribution in [0.4, 0.5) is 17.6 Å². The predicted octanol–water partition coefficient (Wildman–Crippen LogP) is 3.37.